The van der Waals surface area contributed by atoms with Crippen molar-refractivity contribution in [3.05, 3.63) is 37.1 Å². The lowest BCUT2D eigenvalue weighted by Gasteiger charge is -2.47. The number of ether oxygens (including phenoxy) is 5. The largest absolute Gasteiger partial charge is 0.458 e. The van der Waals surface area contributed by atoms with Crippen molar-refractivity contribution in [1.82, 2.24) is 24.3 Å². The number of methoxy groups -OCH3 is 1. The summed E-state index contributed by atoms with van der Waals surface area (Å²) in [6.07, 6.45) is 4.45. The van der Waals surface area contributed by atoms with Crippen LogP contribution in [0.4, 0.5) is 4.79 Å². The SMILES string of the molecule is CCC1OC(=O)[C@H](C)C(=O)[C@H](C)[C@@H](O[C@@H]2O[C@H](C)C[C@H](N(C)C)[C@H]2O)[C@](C)(OC)C[C@@H](C)C(=O)[C@H](C)[C@H]2N(CCCCn3cnc(-c4cccnc4)c3)C(=O)O[C@]12C. The molecule has 15 nitrogen and oxygen atoms in total. The van der Waals surface area contributed by atoms with Gasteiger partial charge in [0, 0.05) is 68.1 Å². The molecule has 15 heteroatoms. The third-order valence-corrected chi connectivity index (χ3v) is 12.8. The number of likely N-dealkylation sites (N-methyl/N-ethyl adjacent to an activating group) is 1. The molecule has 5 heterocycles. The Kier molecular flexibility index (Phi) is 14.6. The van der Waals surface area contributed by atoms with Crippen LogP contribution in [0, 0.1) is 23.7 Å². The van der Waals surface area contributed by atoms with E-state index < -0.39 is 83.4 Å². The number of fused-ring (bicyclic) bond motifs is 1. The predicted molar refractivity (Wildman–Crippen MR) is 214 cm³/mol. The summed E-state index contributed by atoms with van der Waals surface area (Å²) in [6, 6.07) is 2.74. The maximum Gasteiger partial charge on any atom is 0.410 e. The first-order chi connectivity index (χ1) is 27.4. The van der Waals surface area contributed by atoms with Crippen molar-refractivity contribution in [2.24, 2.45) is 23.7 Å². The number of carbonyl (C=O) groups excluding carboxylic acids is 4. The van der Waals surface area contributed by atoms with Gasteiger partial charge in [-0.3, -0.25) is 19.4 Å². The second kappa shape index (κ2) is 18.7. The molecule has 0 aliphatic carbocycles. The molecule has 3 saturated heterocycles. The molecule has 3 aliphatic heterocycles. The first kappa shape index (κ1) is 45.3. The number of aryl methyl sites for hydroxylation is 1. The third kappa shape index (κ3) is 9.33. The molecule has 0 aromatic carbocycles. The quantitative estimate of drug-likeness (QED) is 0.184. The zero-order chi connectivity index (χ0) is 42.7. The van der Waals surface area contributed by atoms with Crippen molar-refractivity contribution in [3.8, 4) is 11.3 Å². The standard InChI is InChI=1S/C43H65N5O10/c1-12-33-43(8)37(48(41(53)58-43)19-14-13-18-47-23-31(45-24-47)30-16-15-17-44-22-30)27(4)34(49)25(2)21-42(7,54-11)38(28(5)35(50)29(6)39(52)56-33)57-40-36(51)32(46(9)10)20-26(3)55-40/h15-17,22-29,32-33,36-38,40,51H,12-14,18-21H2,1-11H3/t25-,26-,27+,28+,29-,32+,33?,36-,37-,38-,40+,42-,43-/m1/s1. The molecular formula is C43H65N5O10. The van der Waals surface area contributed by atoms with Crippen molar-refractivity contribution in [1.29, 1.82) is 0 Å². The minimum atomic E-state index is -1.40. The van der Waals surface area contributed by atoms with E-state index in [9.17, 15) is 24.3 Å². The van der Waals surface area contributed by atoms with Crippen molar-refractivity contribution in [2.45, 2.75) is 148 Å². The highest BCUT2D eigenvalue weighted by molar-refractivity contribution is 6.00. The maximum atomic E-state index is 14.7. The number of nitrogens with zero attached hydrogens (tertiary/aromatic N) is 5. The molecule has 3 aliphatic rings. The van der Waals surface area contributed by atoms with E-state index in [0.717, 1.165) is 11.3 Å². The first-order valence-corrected chi connectivity index (χ1v) is 20.8. The van der Waals surface area contributed by atoms with E-state index >= 15 is 0 Å². The van der Waals surface area contributed by atoms with Crippen LogP contribution < -0.4 is 0 Å². The average Bonchev–Trinajstić information content (AvgIpc) is 3.78. The Balaban J connectivity index is 1.43. The normalized spacial score (nSPS) is 36.7. The number of carbonyl (C=O) groups is 4. The van der Waals surface area contributed by atoms with Gasteiger partial charge in [0.1, 0.15) is 23.9 Å². The van der Waals surface area contributed by atoms with Gasteiger partial charge in [-0.05, 0) is 86.0 Å². The van der Waals surface area contributed by atoms with Crippen LogP contribution in [0.15, 0.2) is 37.1 Å². The van der Waals surface area contributed by atoms with Crippen LogP contribution in [0.1, 0.15) is 87.5 Å². The summed E-state index contributed by atoms with van der Waals surface area (Å²) in [6.45, 7) is 14.9. The molecule has 1 unspecified atom stereocenters. The predicted octanol–water partition coefficient (Wildman–Crippen LogP) is 4.93. The molecule has 0 radical (unpaired) electrons. The number of unbranched alkanes of at least 4 members (excludes halogenated alkanes) is 1. The van der Waals surface area contributed by atoms with Gasteiger partial charge in [0.15, 0.2) is 17.7 Å². The lowest BCUT2D eigenvalue weighted by atomic mass is 9.73. The third-order valence-electron chi connectivity index (χ3n) is 12.8. The smallest absolute Gasteiger partial charge is 0.410 e. The first-order valence-electron chi connectivity index (χ1n) is 20.8. The molecule has 1 amide bonds. The van der Waals surface area contributed by atoms with Gasteiger partial charge in [-0.2, -0.15) is 0 Å². The van der Waals surface area contributed by atoms with E-state index in [4.69, 9.17) is 23.7 Å². The number of esters is 1. The van der Waals surface area contributed by atoms with Crippen LogP contribution in [0.25, 0.3) is 11.3 Å². The minimum Gasteiger partial charge on any atom is -0.458 e. The van der Waals surface area contributed by atoms with Crippen molar-refractivity contribution in [3.63, 3.8) is 0 Å². The fraction of sp³-hybridized carbons (Fsp3) is 0.721. The molecule has 5 rings (SSSR count). The van der Waals surface area contributed by atoms with E-state index in [1.165, 1.54) is 14.0 Å². The molecule has 322 valence electrons. The minimum absolute atomic E-state index is 0.130. The summed E-state index contributed by atoms with van der Waals surface area (Å²) >= 11 is 0. The second-order valence-corrected chi connectivity index (χ2v) is 17.3. The van der Waals surface area contributed by atoms with Gasteiger partial charge in [-0.25, -0.2) is 9.78 Å². The summed E-state index contributed by atoms with van der Waals surface area (Å²) in [5, 5.41) is 11.4. The number of rotatable bonds is 11. The monoisotopic (exact) mass is 811 g/mol. The molecule has 58 heavy (non-hydrogen) atoms. The Morgan fingerprint density at radius 3 is 2.36 bits per heavy atom. The number of aliphatic hydroxyl groups is 1. The van der Waals surface area contributed by atoms with E-state index in [-0.39, 0.29) is 30.8 Å². The average molecular weight is 812 g/mol. The highest BCUT2D eigenvalue weighted by atomic mass is 16.7. The van der Waals surface area contributed by atoms with Crippen LogP contribution in [-0.4, -0.2) is 135 Å². The van der Waals surface area contributed by atoms with Gasteiger partial charge in [0.25, 0.3) is 0 Å². The summed E-state index contributed by atoms with van der Waals surface area (Å²) in [5.41, 5.74) is -0.938. The number of ketones is 2. The fourth-order valence-electron chi connectivity index (χ4n) is 9.43. The van der Waals surface area contributed by atoms with E-state index in [1.54, 1.807) is 51.3 Å². The lowest BCUT2D eigenvalue weighted by Crippen LogP contribution is -2.60. The van der Waals surface area contributed by atoms with E-state index in [2.05, 4.69) is 9.97 Å². The molecule has 0 saturated carbocycles. The number of imidazole rings is 1. The highest BCUT2D eigenvalue weighted by Gasteiger charge is 2.60. The van der Waals surface area contributed by atoms with Crippen LogP contribution >= 0.6 is 0 Å². The molecule has 0 spiro atoms. The lowest BCUT2D eigenvalue weighted by molar-refractivity contribution is -0.295. The summed E-state index contributed by atoms with van der Waals surface area (Å²) in [7, 11) is 5.24. The van der Waals surface area contributed by atoms with E-state index in [0.29, 0.717) is 32.4 Å². The number of cyclic esters (lactones) is 1. The number of hydrogen-bond acceptors (Lipinski definition) is 13. The zero-order valence-corrected chi connectivity index (χ0v) is 36.1. The number of hydrogen-bond donors (Lipinski definition) is 1. The maximum absolute atomic E-state index is 14.7. The number of Topliss-reactive ketones (excluding diaryl/α,β-unsaturated/α-hetero) is 2. The van der Waals surface area contributed by atoms with Gasteiger partial charge < -0.3 is 43.2 Å². The van der Waals surface area contributed by atoms with Gasteiger partial charge in [0.2, 0.25) is 0 Å². The van der Waals surface area contributed by atoms with E-state index in [1.807, 2.05) is 62.7 Å². The second-order valence-electron chi connectivity index (χ2n) is 17.3. The highest BCUT2D eigenvalue weighted by Crippen LogP contribution is 2.43. The van der Waals surface area contributed by atoms with Gasteiger partial charge in [-0.1, -0.05) is 27.7 Å². The summed E-state index contributed by atoms with van der Waals surface area (Å²) < 4.78 is 33.2. The molecule has 2 aromatic heterocycles. The van der Waals surface area contributed by atoms with Gasteiger partial charge in [-0.15, -0.1) is 0 Å². The van der Waals surface area contributed by atoms with Crippen LogP contribution in [0.2, 0.25) is 0 Å². The topological polar surface area (TPSA) is 172 Å². The Bertz CT molecular complexity index is 1740. The Morgan fingerprint density at radius 2 is 1.72 bits per heavy atom. The Hall–Kier alpha value is -3.76. The molecule has 2 aromatic rings. The van der Waals surface area contributed by atoms with Crippen molar-refractivity contribution >= 4 is 23.6 Å². The molecule has 3 fully saturated rings. The molecular weight excluding hydrogens is 746 g/mol. The summed E-state index contributed by atoms with van der Waals surface area (Å²) in [4.78, 5) is 69.0. The zero-order valence-electron chi connectivity index (χ0n) is 36.1. The van der Waals surface area contributed by atoms with Crippen LogP contribution in [0.3, 0.4) is 0 Å². The number of amides is 1. The molecule has 13 atom stereocenters. The van der Waals surface area contributed by atoms with Crippen molar-refractivity contribution < 1.29 is 48.0 Å². The Morgan fingerprint density at radius 1 is 1.02 bits per heavy atom. The van der Waals surface area contributed by atoms with Crippen LogP contribution in [-0.2, 0) is 44.6 Å². The van der Waals surface area contributed by atoms with Gasteiger partial charge >= 0.3 is 12.1 Å². The molecule has 1 N–H and O–H groups in total. The number of aliphatic hydroxyl groups excluding tert-OH is 1. The van der Waals surface area contributed by atoms with Gasteiger partial charge in [0.05, 0.1) is 35.9 Å². The fourth-order valence-corrected chi connectivity index (χ4v) is 9.43. The van der Waals surface area contributed by atoms with Crippen molar-refractivity contribution in [2.75, 3.05) is 27.7 Å². The molecule has 0 bridgehead atoms. The van der Waals surface area contributed by atoms with Crippen LogP contribution in [0.5, 0.6) is 0 Å². The number of aromatic nitrogens is 3. The number of pyridine rings is 1. The Labute approximate surface area is 343 Å². The summed E-state index contributed by atoms with van der Waals surface area (Å²) in [5.74, 6) is -4.95.